The molecule has 3 aromatic rings. The average molecular weight is 375 g/mol. The van der Waals surface area contributed by atoms with Gasteiger partial charge in [0.05, 0.1) is 30.6 Å². The van der Waals surface area contributed by atoms with E-state index in [9.17, 15) is 4.79 Å². The molecule has 0 radical (unpaired) electrons. The fraction of sp³-hybridized carbons (Fsp3) is 0.304. The van der Waals surface area contributed by atoms with Crippen molar-refractivity contribution in [2.45, 2.75) is 25.7 Å². The van der Waals surface area contributed by atoms with E-state index >= 15 is 0 Å². The Bertz CT molecular complexity index is 1000. The van der Waals surface area contributed by atoms with Crippen molar-refractivity contribution in [3.8, 4) is 22.7 Å². The van der Waals surface area contributed by atoms with E-state index in [1.807, 2.05) is 24.3 Å². The average Bonchev–Trinajstić information content (AvgIpc) is 2.95. The van der Waals surface area contributed by atoms with Crippen molar-refractivity contribution in [3.05, 3.63) is 65.6 Å². The summed E-state index contributed by atoms with van der Waals surface area (Å²) in [5.74, 6) is 1.90. The number of carbonyl (C=O) groups excluding carboxylic acids is 1. The van der Waals surface area contributed by atoms with Crippen molar-refractivity contribution in [1.29, 1.82) is 0 Å². The van der Waals surface area contributed by atoms with E-state index in [2.05, 4.69) is 28.8 Å². The number of likely N-dealkylation sites (N-methyl/N-ethyl adjacent to an activating group) is 1. The maximum atomic E-state index is 12.6. The lowest BCUT2D eigenvalue weighted by atomic mass is 10.1. The summed E-state index contributed by atoms with van der Waals surface area (Å²) in [6.07, 6.45) is 3.29. The van der Waals surface area contributed by atoms with Crippen LogP contribution in [0.25, 0.3) is 16.9 Å². The van der Waals surface area contributed by atoms with Gasteiger partial charge in [-0.05, 0) is 48.7 Å². The van der Waals surface area contributed by atoms with Crippen LogP contribution in [0.2, 0.25) is 0 Å². The molecule has 0 saturated carbocycles. The molecule has 1 aliphatic heterocycles. The first-order valence-corrected chi connectivity index (χ1v) is 9.62. The quantitative estimate of drug-likeness (QED) is 0.699. The standard InChI is InChI=1S/C23H25N3O2/c1-25(2)22(27)15-20-23(17-11-13-18(28-3)14-12-17)24-21-10-6-8-16-7-4-5-9-19(16)26(20)21/h4-5,7,9,11-14H,6,8,10,15H2,1-3H3. The third kappa shape index (κ3) is 3.28. The Kier molecular flexibility index (Phi) is 4.90. The number of hydrogen-bond acceptors (Lipinski definition) is 3. The van der Waals surface area contributed by atoms with Crippen LogP contribution in [0.3, 0.4) is 0 Å². The summed E-state index contributed by atoms with van der Waals surface area (Å²) in [5.41, 5.74) is 5.28. The van der Waals surface area contributed by atoms with Crippen LogP contribution in [0.15, 0.2) is 48.5 Å². The Morgan fingerprint density at radius 3 is 2.57 bits per heavy atom. The van der Waals surface area contributed by atoms with Gasteiger partial charge < -0.3 is 9.64 Å². The number of carbonyl (C=O) groups is 1. The summed E-state index contributed by atoms with van der Waals surface area (Å²) in [7, 11) is 5.25. The van der Waals surface area contributed by atoms with E-state index < -0.39 is 0 Å². The molecule has 0 aliphatic carbocycles. The Morgan fingerprint density at radius 2 is 1.86 bits per heavy atom. The highest BCUT2D eigenvalue weighted by atomic mass is 16.5. The lowest BCUT2D eigenvalue weighted by molar-refractivity contribution is -0.128. The Morgan fingerprint density at radius 1 is 1.11 bits per heavy atom. The van der Waals surface area contributed by atoms with Crippen LogP contribution in [0.5, 0.6) is 5.75 Å². The minimum Gasteiger partial charge on any atom is -0.497 e. The molecule has 144 valence electrons. The molecule has 4 rings (SSSR count). The SMILES string of the molecule is COc1ccc(-c2nc3n(c2CC(=O)N(C)C)-c2ccccc2CCC3)cc1. The van der Waals surface area contributed by atoms with Gasteiger partial charge in [0.25, 0.3) is 0 Å². The highest BCUT2D eigenvalue weighted by Crippen LogP contribution is 2.33. The zero-order valence-electron chi connectivity index (χ0n) is 16.6. The van der Waals surface area contributed by atoms with Crippen LogP contribution in [-0.4, -0.2) is 41.6 Å². The fourth-order valence-corrected chi connectivity index (χ4v) is 3.78. The van der Waals surface area contributed by atoms with Gasteiger partial charge in [0.2, 0.25) is 5.91 Å². The minimum atomic E-state index is 0.0687. The molecule has 0 unspecified atom stereocenters. The number of aromatic nitrogens is 2. The molecule has 2 heterocycles. The first kappa shape index (κ1) is 18.3. The van der Waals surface area contributed by atoms with Crippen molar-refractivity contribution in [1.82, 2.24) is 14.5 Å². The van der Waals surface area contributed by atoms with E-state index in [1.165, 1.54) is 5.56 Å². The van der Waals surface area contributed by atoms with Crippen LogP contribution < -0.4 is 4.74 Å². The summed E-state index contributed by atoms with van der Waals surface area (Å²) >= 11 is 0. The van der Waals surface area contributed by atoms with E-state index in [1.54, 1.807) is 26.1 Å². The van der Waals surface area contributed by atoms with Crippen molar-refractivity contribution in [3.63, 3.8) is 0 Å². The van der Waals surface area contributed by atoms with E-state index in [4.69, 9.17) is 9.72 Å². The molecular formula is C23H25N3O2. The maximum Gasteiger partial charge on any atom is 0.228 e. The molecular weight excluding hydrogens is 350 g/mol. The first-order valence-electron chi connectivity index (χ1n) is 9.62. The fourth-order valence-electron chi connectivity index (χ4n) is 3.78. The second-order valence-corrected chi connectivity index (χ2v) is 7.33. The lowest BCUT2D eigenvalue weighted by Crippen LogP contribution is -2.25. The summed E-state index contributed by atoms with van der Waals surface area (Å²) in [6, 6.07) is 16.3. The molecule has 1 aliphatic rings. The van der Waals surface area contributed by atoms with Gasteiger partial charge in [-0.1, -0.05) is 18.2 Å². The number of para-hydroxylation sites is 1. The number of hydrogen-bond donors (Lipinski definition) is 0. The van der Waals surface area contributed by atoms with Crippen molar-refractivity contribution in [2.24, 2.45) is 0 Å². The van der Waals surface area contributed by atoms with Gasteiger partial charge in [0.15, 0.2) is 0 Å². The van der Waals surface area contributed by atoms with Gasteiger partial charge in [-0.2, -0.15) is 0 Å². The van der Waals surface area contributed by atoms with Gasteiger partial charge in [0.1, 0.15) is 11.6 Å². The highest BCUT2D eigenvalue weighted by Gasteiger charge is 2.25. The number of rotatable bonds is 4. The summed E-state index contributed by atoms with van der Waals surface area (Å²) in [5, 5.41) is 0. The first-order chi connectivity index (χ1) is 13.6. The second kappa shape index (κ2) is 7.50. The van der Waals surface area contributed by atoms with Crippen LogP contribution in [0, 0.1) is 0 Å². The molecule has 0 atom stereocenters. The normalized spacial score (nSPS) is 12.7. The highest BCUT2D eigenvalue weighted by molar-refractivity contribution is 5.81. The van der Waals surface area contributed by atoms with Crippen molar-refractivity contribution in [2.75, 3.05) is 21.2 Å². The molecule has 1 aromatic heterocycles. The number of fused-ring (bicyclic) bond motifs is 3. The molecule has 28 heavy (non-hydrogen) atoms. The second-order valence-electron chi connectivity index (χ2n) is 7.33. The van der Waals surface area contributed by atoms with E-state index in [0.29, 0.717) is 6.42 Å². The van der Waals surface area contributed by atoms with Crippen LogP contribution in [-0.2, 0) is 24.1 Å². The Labute approximate surface area is 165 Å². The molecule has 0 saturated heterocycles. The lowest BCUT2D eigenvalue weighted by Gasteiger charge is -2.16. The number of benzene rings is 2. The number of imidazole rings is 1. The molecule has 0 N–H and O–H groups in total. The summed E-state index contributed by atoms with van der Waals surface area (Å²) in [6.45, 7) is 0. The topological polar surface area (TPSA) is 47.4 Å². The molecule has 0 fully saturated rings. The number of nitrogens with zero attached hydrogens (tertiary/aromatic N) is 3. The maximum absolute atomic E-state index is 12.6. The Hall–Kier alpha value is -3.08. The molecule has 5 heteroatoms. The largest absolute Gasteiger partial charge is 0.497 e. The van der Waals surface area contributed by atoms with Crippen molar-refractivity contribution >= 4 is 5.91 Å². The predicted octanol–water partition coefficient (Wildman–Crippen LogP) is 3.67. The zero-order chi connectivity index (χ0) is 19.7. The molecule has 0 bridgehead atoms. The van der Waals surface area contributed by atoms with E-state index in [-0.39, 0.29) is 5.91 Å². The third-order valence-electron chi connectivity index (χ3n) is 5.30. The summed E-state index contributed by atoms with van der Waals surface area (Å²) < 4.78 is 7.50. The molecule has 1 amide bonds. The van der Waals surface area contributed by atoms with Crippen molar-refractivity contribution < 1.29 is 9.53 Å². The summed E-state index contributed by atoms with van der Waals surface area (Å²) in [4.78, 5) is 19.3. The predicted molar refractivity (Wildman–Crippen MR) is 110 cm³/mol. The van der Waals surface area contributed by atoms with E-state index in [0.717, 1.165) is 53.5 Å². The van der Waals surface area contributed by atoms with Crippen LogP contribution in [0.1, 0.15) is 23.5 Å². The van der Waals surface area contributed by atoms with Gasteiger partial charge in [-0.25, -0.2) is 4.98 Å². The molecule has 5 nitrogen and oxygen atoms in total. The monoisotopic (exact) mass is 375 g/mol. The van der Waals surface area contributed by atoms with Gasteiger partial charge in [-0.15, -0.1) is 0 Å². The number of aryl methyl sites for hydroxylation is 2. The van der Waals surface area contributed by atoms with Gasteiger partial charge >= 0.3 is 0 Å². The Balaban J connectivity index is 1.91. The number of methoxy groups -OCH3 is 1. The zero-order valence-corrected chi connectivity index (χ0v) is 16.6. The van der Waals surface area contributed by atoms with Gasteiger partial charge in [0, 0.05) is 26.1 Å². The van der Waals surface area contributed by atoms with Crippen LogP contribution >= 0.6 is 0 Å². The third-order valence-corrected chi connectivity index (χ3v) is 5.30. The van der Waals surface area contributed by atoms with Gasteiger partial charge in [-0.3, -0.25) is 9.36 Å². The minimum absolute atomic E-state index is 0.0687. The number of ether oxygens (including phenoxy) is 1. The molecule has 2 aromatic carbocycles. The molecule has 0 spiro atoms. The smallest absolute Gasteiger partial charge is 0.228 e. The van der Waals surface area contributed by atoms with Crippen LogP contribution in [0.4, 0.5) is 0 Å². The number of amides is 1.